The van der Waals surface area contributed by atoms with Crippen LogP contribution >= 0.6 is 0 Å². The minimum atomic E-state index is -0.947. The van der Waals surface area contributed by atoms with E-state index in [2.05, 4.69) is 10.3 Å². The van der Waals surface area contributed by atoms with E-state index in [9.17, 15) is 14.3 Å². The summed E-state index contributed by atoms with van der Waals surface area (Å²) >= 11 is 0. The van der Waals surface area contributed by atoms with Gasteiger partial charge in [-0.15, -0.1) is 0 Å². The van der Waals surface area contributed by atoms with E-state index in [-0.39, 0.29) is 17.8 Å². The number of carbonyl (C=O) groups is 1. The van der Waals surface area contributed by atoms with Crippen LogP contribution in [0.25, 0.3) is 0 Å². The van der Waals surface area contributed by atoms with Crippen molar-refractivity contribution >= 4 is 5.91 Å². The van der Waals surface area contributed by atoms with Gasteiger partial charge in [-0.2, -0.15) is 0 Å². The van der Waals surface area contributed by atoms with E-state index >= 15 is 0 Å². The normalized spacial score (nSPS) is 13.4. The number of pyridine rings is 1. The van der Waals surface area contributed by atoms with Gasteiger partial charge in [0.05, 0.1) is 30.0 Å². The quantitative estimate of drug-likeness (QED) is 0.853. The topological polar surface area (TPSA) is 71.5 Å². The smallest absolute Gasteiger partial charge is 0.253 e. The number of rotatable bonds is 6. The highest BCUT2D eigenvalue weighted by atomic mass is 19.1. The maximum absolute atomic E-state index is 12.9. The number of nitrogens with one attached hydrogen (secondary N) is 1. The van der Waals surface area contributed by atoms with Gasteiger partial charge >= 0.3 is 0 Å². The monoisotopic (exact) mass is 332 g/mol. The molecule has 0 spiro atoms. The molecule has 2 N–H and O–H groups in total. The van der Waals surface area contributed by atoms with Crippen molar-refractivity contribution in [2.24, 2.45) is 0 Å². The van der Waals surface area contributed by atoms with Crippen molar-refractivity contribution in [1.82, 2.24) is 10.3 Å². The molecule has 2 atom stereocenters. The number of nitrogens with zero attached hydrogens (tertiary/aromatic N) is 1. The van der Waals surface area contributed by atoms with Crippen LogP contribution in [0.2, 0.25) is 0 Å². The van der Waals surface area contributed by atoms with Gasteiger partial charge in [0.15, 0.2) is 0 Å². The summed E-state index contributed by atoms with van der Waals surface area (Å²) in [6.45, 7) is 5.44. The molecule has 2 aromatic rings. The third kappa shape index (κ3) is 4.76. The van der Waals surface area contributed by atoms with Gasteiger partial charge in [-0.1, -0.05) is 12.1 Å². The van der Waals surface area contributed by atoms with Crippen molar-refractivity contribution in [1.29, 1.82) is 0 Å². The van der Waals surface area contributed by atoms with E-state index in [4.69, 9.17) is 4.74 Å². The van der Waals surface area contributed by atoms with Crippen LogP contribution in [0.15, 0.2) is 42.7 Å². The molecule has 0 saturated carbocycles. The summed E-state index contributed by atoms with van der Waals surface area (Å²) in [5.74, 6) is -0.245. The Hall–Kier alpha value is -2.47. The average Bonchev–Trinajstić information content (AvgIpc) is 2.54. The molecule has 5 nitrogen and oxygen atoms in total. The molecule has 1 aromatic heterocycles. The summed E-state index contributed by atoms with van der Waals surface area (Å²) in [7, 11) is 0. The molecule has 0 aliphatic rings. The van der Waals surface area contributed by atoms with Gasteiger partial charge in [0.25, 0.3) is 5.91 Å². The lowest BCUT2D eigenvalue weighted by Crippen LogP contribution is -2.37. The van der Waals surface area contributed by atoms with Crippen molar-refractivity contribution in [3.8, 4) is 5.75 Å². The van der Waals surface area contributed by atoms with Crippen molar-refractivity contribution in [3.05, 3.63) is 59.7 Å². The molecule has 1 aromatic carbocycles. The fourth-order valence-electron chi connectivity index (χ4n) is 2.20. The molecule has 0 aliphatic heterocycles. The highest BCUT2D eigenvalue weighted by molar-refractivity contribution is 5.94. The number of aliphatic hydroxyl groups is 1. The maximum atomic E-state index is 12.9. The van der Waals surface area contributed by atoms with Crippen LogP contribution in [0.4, 0.5) is 4.39 Å². The Bertz CT molecular complexity index is 689. The number of halogens is 1. The Morgan fingerprint density at radius 1 is 1.21 bits per heavy atom. The van der Waals surface area contributed by atoms with Crippen LogP contribution in [0.5, 0.6) is 5.75 Å². The largest absolute Gasteiger partial charge is 0.489 e. The predicted octanol–water partition coefficient (Wildman–Crippen LogP) is 2.86. The summed E-state index contributed by atoms with van der Waals surface area (Å²) in [4.78, 5) is 16.3. The zero-order valence-corrected chi connectivity index (χ0v) is 13.9. The molecule has 24 heavy (non-hydrogen) atoms. The third-order valence-corrected chi connectivity index (χ3v) is 3.39. The number of carbonyl (C=O) groups excluding carboxylic acids is 1. The lowest BCUT2D eigenvalue weighted by Gasteiger charge is -2.21. The van der Waals surface area contributed by atoms with E-state index in [1.54, 1.807) is 13.0 Å². The molecule has 0 aliphatic carbocycles. The average molecular weight is 332 g/mol. The Labute approximate surface area is 140 Å². The zero-order chi connectivity index (χ0) is 17.7. The standard InChI is InChI=1S/C18H21FN2O3/c1-11(2)24-16-8-14(9-20-10-16)18(23)21-12(3)17(22)13-4-6-15(19)7-5-13/h4-12,17,22H,1-3H3,(H,21,23). The number of hydrogen-bond acceptors (Lipinski definition) is 4. The Kier molecular flexibility index (Phi) is 5.87. The first-order chi connectivity index (χ1) is 11.4. The van der Waals surface area contributed by atoms with Crippen LogP contribution in [-0.2, 0) is 0 Å². The number of aliphatic hydroxyl groups excluding tert-OH is 1. The third-order valence-electron chi connectivity index (χ3n) is 3.39. The van der Waals surface area contributed by atoms with E-state index in [1.807, 2.05) is 13.8 Å². The number of hydrogen-bond donors (Lipinski definition) is 2. The summed E-state index contributed by atoms with van der Waals surface area (Å²) < 4.78 is 18.5. The second-order valence-corrected chi connectivity index (χ2v) is 5.83. The van der Waals surface area contributed by atoms with Crippen LogP contribution in [0, 0.1) is 5.82 Å². The van der Waals surface area contributed by atoms with Crippen LogP contribution in [0.3, 0.4) is 0 Å². The molecular formula is C18H21FN2O3. The molecule has 1 heterocycles. The van der Waals surface area contributed by atoms with Crippen molar-refractivity contribution in [2.75, 3.05) is 0 Å². The van der Waals surface area contributed by atoms with Crippen molar-refractivity contribution < 1.29 is 19.0 Å². The number of aromatic nitrogens is 1. The summed E-state index contributed by atoms with van der Waals surface area (Å²) in [6, 6.07) is 6.55. The summed E-state index contributed by atoms with van der Waals surface area (Å²) in [5.41, 5.74) is 0.866. The first-order valence-corrected chi connectivity index (χ1v) is 7.73. The van der Waals surface area contributed by atoms with E-state index in [0.29, 0.717) is 16.9 Å². The molecule has 2 rings (SSSR count). The Balaban J connectivity index is 2.04. The molecule has 0 bridgehead atoms. The van der Waals surface area contributed by atoms with Crippen LogP contribution in [-0.4, -0.2) is 28.1 Å². The lowest BCUT2D eigenvalue weighted by atomic mass is 10.0. The van der Waals surface area contributed by atoms with Gasteiger partial charge in [-0.3, -0.25) is 9.78 Å². The second kappa shape index (κ2) is 7.88. The molecule has 6 heteroatoms. The predicted molar refractivity (Wildman–Crippen MR) is 88.3 cm³/mol. The Morgan fingerprint density at radius 3 is 2.50 bits per heavy atom. The van der Waals surface area contributed by atoms with Crippen LogP contribution < -0.4 is 10.1 Å². The second-order valence-electron chi connectivity index (χ2n) is 5.83. The van der Waals surface area contributed by atoms with Gasteiger partial charge in [-0.05, 0) is 44.5 Å². The Morgan fingerprint density at radius 2 is 1.88 bits per heavy atom. The maximum Gasteiger partial charge on any atom is 0.253 e. The summed E-state index contributed by atoms with van der Waals surface area (Å²) in [6.07, 6.45) is 1.99. The molecule has 128 valence electrons. The molecule has 0 fully saturated rings. The minimum Gasteiger partial charge on any atom is -0.489 e. The number of ether oxygens (including phenoxy) is 1. The highest BCUT2D eigenvalue weighted by Crippen LogP contribution is 2.18. The van der Waals surface area contributed by atoms with Gasteiger partial charge < -0.3 is 15.2 Å². The fraction of sp³-hybridized carbons (Fsp3) is 0.333. The fourth-order valence-corrected chi connectivity index (χ4v) is 2.20. The molecule has 2 unspecified atom stereocenters. The van der Waals surface area contributed by atoms with E-state index in [0.717, 1.165) is 0 Å². The minimum absolute atomic E-state index is 0.0238. The van der Waals surface area contributed by atoms with Crippen LogP contribution in [0.1, 0.15) is 42.8 Å². The first kappa shape index (κ1) is 17.9. The van der Waals surface area contributed by atoms with Gasteiger partial charge in [0, 0.05) is 6.20 Å². The van der Waals surface area contributed by atoms with Crippen molar-refractivity contribution in [3.63, 3.8) is 0 Å². The summed E-state index contributed by atoms with van der Waals surface area (Å²) in [5, 5.41) is 13.0. The van der Waals surface area contributed by atoms with Crippen molar-refractivity contribution in [2.45, 2.75) is 39.0 Å². The van der Waals surface area contributed by atoms with Gasteiger partial charge in [0.1, 0.15) is 11.6 Å². The molecule has 1 amide bonds. The van der Waals surface area contributed by atoms with E-state index in [1.165, 1.54) is 36.7 Å². The molecule has 0 saturated heterocycles. The number of amides is 1. The lowest BCUT2D eigenvalue weighted by molar-refractivity contribution is 0.0851. The van der Waals surface area contributed by atoms with Gasteiger partial charge in [-0.25, -0.2) is 4.39 Å². The SMILES string of the molecule is CC(C)Oc1cncc(C(=O)NC(C)C(O)c2ccc(F)cc2)c1. The van der Waals surface area contributed by atoms with E-state index < -0.39 is 12.1 Å². The highest BCUT2D eigenvalue weighted by Gasteiger charge is 2.19. The first-order valence-electron chi connectivity index (χ1n) is 7.73. The zero-order valence-electron chi connectivity index (χ0n) is 13.9. The molecule has 0 radical (unpaired) electrons. The number of benzene rings is 1. The van der Waals surface area contributed by atoms with Gasteiger partial charge in [0.2, 0.25) is 0 Å². The molecular weight excluding hydrogens is 311 g/mol.